The highest BCUT2D eigenvalue weighted by molar-refractivity contribution is 6.32. The Labute approximate surface area is 137 Å². The fourth-order valence-electron chi connectivity index (χ4n) is 3.41. The maximum atomic E-state index is 10.2. The molecule has 22 heavy (non-hydrogen) atoms. The molecule has 2 aliphatic heterocycles. The third kappa shape index (κ3) is 3.74. The predicted octanol–water partition coefficient (Wildman–Crippen LogP) is 2.50. The van der Waals surface area contributed by atoms with Gasteiger partial charge in [0.25, 0.3) is 0 Å². The molecule has 4 nitrogen and oxygen atoms in total. The molecule has 0 aromatic heterocycles. The number of aliphatic hydroxyl groups excluding tert-OH is 1. The van der Waals surface area contributed by atoms with Crippen LogP contribution in [-0.2, 0) is 4.74 Å². The van der Waals surface area contributed by atoms with Crippen molar-refractivity contribution < 1.29 is 14.6 Å². The lowest BCUT2D eigenvalue weighted by molar-refractivity contribution is 0.0705. The molecule has 2 fully saturated rings. The van der Waals surface area contributed by atoms with Crippen molar-refractivity contribution in [3.05, 3.63) is 28.8 Å². The average Bonchev–Trinajstić information content (AvgIpc) is 3.10. The Kier molecular flexibility index (Phi) is 4.93. The summed E-state index contributed by atoms with van der Waals surface area (Å²) in [5.41, 5.74) is 1.43. The monoisotopic (exact) mass is 325 g/mol. The van der Waals surface area contributed by atoms with Crippen LogP contribution in [0.5, 0.6) is 5.75 Å². The number of hydrogen-bond donors (Lipinski definition) is 1. The maximum Gasteiger partial charge on any atom is 0.138 e. The van der Waals surface area contributed by atoms with Gasteiger partial charge in [0.2, 0.25) is 0 Å². The van der Waals surface area contributed by atoms with Gasteiger partial charge in [-0.05, 0) is 44.0 Å². The summed E-state index contributed by atoms with van der Waals surface area (Å²) in [4.78, 5) is 2.32. The minimum atomic E-state index is -0.506. The Morgan fingerprint density at radius 2 is 2.32 bits per heavy atom. The van der Waals surface area contributed by atoms with Gasteiger partial charge < -0.3 is 14.6 Å². The van der Waals surface area contributed by atoms with E-state index in [1.54, 1.807) is 0 Å². The van der Waals surface area contributed by atoms with E-state index >= 15 is 0 Å². The lowest BCUT2D eigenvalue weighted by atomic mass is 9.87. The quantitative estimate of drug-likeness (QED) is 0.903. The molecule has 0 saturated carbocycles. The number of halogens is 1. The summed E-state index contributed by atoms with van der Waals surface area (Å²) in [7, 11) is 0. The van der Waals surface area contributed by atoms with Crippen LogP contribution in [0.2, 0.25) is 5.02 Å². The molecule has 0 amide bonds. The number of aryl methyl sites for hydroxylation is 1. The summed E-state index contributed by atoms with van der Waals surface area (Å²) in [5.74, 6) is 0.641. The van der Waals surface area contributed by atoms with Crippen LogP contribution < -0.4 is 4.74 Å². The number of β-amino-alcohol motifs (C(OH)–C–C–N with tert-alkyl or cyclic N) is 1. The fraction of sp³-hybridized carbons (Fsp3) is 0.647. The lowest BCUT2D eigenvalue weighted by Crippen LogP contribution is -2.36. The highest BCUT2D eigenvalue weighted by Gasteiger charge is 2.41. The number of likely N-dealkylation sites (tertiary alicyclic amines) is 1. The molecule has 2 aliphatic rings. The number of hydrogen-bond acceptors (Lipinski definition) is 4. The SMILES string of the molecule is Cc1ccc(Cl)c(OCC(O)CN2CCC3(CCOC3)C2)c1. The molecule has 0 aliphatic carbocycles. The van der Waals surface area contributed by atoms with Gasteiger partial charge in [-0.15, -0.1) is 0 Å². The van der Waals surface area contributed by atoms with Crippen molar-refractivity contribution >= 4 is 11.6 Å². The van der Waals surface area contributed by atoms with Crippen LogP contribution in [0.1, 0.15) is 18.4 Å². The maximum absolute atomic E-state index is 10.2. The summed E-state index contributed by atoms with van der Waals surface area (Å²) in [5, 5.41) is 10.8. The number of ether oxygens (including phenoxy) is 2. The van der Waals surface area contributed by atoms with Crippen molar-refractivity contribution in [1.29, 1.82) is 0 Å². The van der Waals surface area contributed by atoms with Gasteiger partial charge >= 0.3 is 0 Å². The van der Waals surface area contributed by atoms with E-state index in [9.17, 15) is 5.11 Å². The smallest absolute Gasteiger partial charge is 0.138 e. The largest absolute Gasteiger partial charge is 0.489 e. The zero-order valence-corrected chi connectivity index (χ0v) is 13.8. The van der Waals surface area contributed by atoms with Crippen molar-refractivity contribution in [1.82, 2.24) is 4.90 Å². The predicted molar refractivity (Wildman–Crippen MR) is 86.6 cm³/mol. The van der Waals surface area contributed by atoms with Gasteiger partial charge in [0.15, 0.2) is 0 Å². The van der Waals surface area contributed by atoms with Crippen LogP contribution in [0.25, 0.3) is 0 Å². The number of nitrogens with zero attached hydrogens (tertiary/aromatic N) is 1. The van der Waals surface area contributed by atoms with Crippen LogP contribution in [0.3, 0.4) is 0 Å². The first-order valence-electron chi connectivity index (χ1n) is 7.93. The molecule has 2 unspecified atom stereocenters. The molecular weight excluding hydrogens is 302 g/mol. The molecule has 2 heterocycles. The Morgan fingerprint density at radius 3 is 3.09 bits per heavy atom. The topological polar surface area (TPSA) is 41.9 Å². The second-order valence-electron chi connectivity index (χ2n) is 6.69. The normalized spacial score (nSPS) is 26.7. The van der Waals surface area contributed by atoms with Gasteiger partial charge in [-0.2, -0.15) is 0 Å². The van der Waals surface area contributed by atoms with E-state index in [1.165, 1.54) is 6.42 Å². The van der Waals surface area contributed by atoms with E-state index in [0.29, 0.717) is 22.7 Å². The van der Waals surface area contributed by atoms with Gasteiger partial charge in [-0.3, -0.25) is 4.90 Å². The summed E-state index contributed by atoms with van der Waals surface area (Å²) in [6.07, 6.45) is 1.81. The molecule has 122 valence electrons. The Morgan fingerprint density at radius 1 is 1.45 bits per heavy atom. The summed E-state index contributed by atoms with van der Waals surface area (Å²) in [6.45, 7) is 6.71. The Hall–Kier alpha value is -0.810. The third-order valence-corrected chi connectivity index (χ3v) is 5.00. The highest BCUT2D eigenvalue weighted by atomic mass is 35.5. The number of aliphatic hydroxyl groups is 1. The second-order valence-corrected chi connectivity index (χ2v) is 7.09. The molecule has 0 radical (unpaired) electrons. The van der Waals surface area contributed by atoms with Crippen molar-refractivity contribution in [2.45, 2.75) is 25.9 Å². The number of benzene rings is 1. The molecule has 1 aromatic rings. The summed E-state index contributed by atoms with van der Waals surface area (Å²) >= 11 is 6.10. The van der Waals surface area contributed by atoms with Crippen LogP contribution in [-0.4, -0.2) is 55.6 Å². The first kappa shape index (κ1) is 16.1. The Balaban J connectivity index is 1.47. The van der Waals surface area contributed by atoms with Gasteiger partial charge in [-0.1, -0.05) is 17.7 Å². The fourth-order valence-corrected chi connectivity index (χ4v) is 3.58. The van der Waals surface area contributed by atoms with Crippen molar-refractivity contribution in [2.75, 3.05) is 39.5 Å². The zero-order chi connectivity index (χ0) is 15.6. The average molecular weight is 326 g/mol. The third-order valence-electron chi connectivity index (χ3n) is 4.69. The Bertz CT molecular complexity index is 517. The van der Waals surface area contributed by atoms with E-state index in [2.05, 4.69) is 4.90 Å². The van der Waals surface area contributed by atoms with Gasteiger partial charge in [0.1, 0.15) is 18.5 Å². The minimum Gasteiger partial charge on any atom is -0.489 e. The highest BCUT2D eigenvalue weighted by Crippen LogP contribution is 2.38. The zero-order valence-electron chi connectivity index (χ0n) is 13.1. The van der Waals surface area contributed by atoms with E-state index in [0.717, 1.165) is 38.3 Å². The van der Waals surface area contributed by atoms with Crippen molar-refractivity contribution in [3.63, 3.8) is 0 Å². The van der Waals surface area contributed by atoms with E-state index in [-0.39, 0.29) is 6.61 Å². The minimum absolute atomic E-state index is 0.267. The molecule has 2 atom stereocenters. The molecule has 2 saturated heterocycles. The first-order valence-corrected chi connectivity index (χ1v) is 8.31. The van der Waals surface area contributed by atoms with Gasteiger partial charge in [0, 0.05) is 25.1 Å². The van der Waals surface area contributed by atoms with Crippen molar-refractivity contribution in [2.24, 2.45) is 5.41 Å². The van der Waals surface area contributed by atoms with Crippen LogP contribution in [0.4, 0.5) is 0 Å². The molecule has 1 N–H and O–H groups in total. The second kappa shape index (κ2) is 6.75. The summed E-state index contributed by atoms with van der Waals surface area (Å²) < 4.78 is 11.2. The standard InChI is InChI=1S/C17H24ClNO3/c1-13-2-3-15(18)16(8-13)22-10-14(20)9-19-6-4-17(11-19)5-7-21-12-17/h2-3,8,14,20H,4-7,9-12H2,1H3. The molecule has 1 aromatic carbocycles. The van der Waals surface area contributed by atoms with Gasteiger partial charge in [0.05, 0.1) is 11.6 Å². The molecule has 1 spiro atoms. The summed E-state index contributed by atoms with van der Waals surface area (Å²) in [6, 6.07) is 5.66. The van der Waals surface area contributed by atoms with Crippen LogP contribution in [0, 0.1) is 12.3 Å². The molecule has 3 rings (SSSR count). The van der Waals surface area contributed by atoms with Crippen LogP contribution >= 0.6 is 11.6 Å². The van der Waals surface area contributed by atoms with E-state index in [1.807, 2.05) is 25.1 Å². The van der Waals surface area contributed by atoms with E-state index < -0.39 is 6.10 Å². The van der Waals surface area contributed by atoms with Crippen molar-refractivity contribution in [3.8, 4) is 5.75 Å². The van der Waals surface area contributed by atoms with E-state index in [4.69, 9.17) is 21.1 Å². The molecule has 0 bridgehead atoms. The van der Waals surface area contributed by atoms with Crippen LogP contribution in [0.15, 0.2) is 18.2 Å². The molecule has 5 heteroatoms. The molecular formula is C17H24ClNO3. The number of rotatable bonds is 5. The lowest BCUT2D eigenvalue weighted by Gasteiger charge is -2.24. The first-order chi connectivity index (χ1) is 10.6. The van der Waals surface area contributed by atoms with Gasteiger partial charge in [-0.25, -0.2) is 0 Å².